The number of carbonyl (C=O) groups is 1. The van der Waals surface area contributed by atoms with Crippen molar-refractivity contribution in [3.63, 3.8) is 0 Å². The second-order valence-electron chi connectivity index (χ2n) is 9.43. The molecule has 0 aliphatic heterocycles. The van der Waals surface area contributed by atoms with E-state index in [0.29, 0.717) is 22.6 Å². The monoisotopic (exact) mass is 560 g/mol. The molecule has 9 heteroatoms. The molecule has 0 radical (unpaired) electrons. The lowest BCUT2D eigenvalue weighted by Crippen LogP contribution is -2.17. The van der Waals surface area contributed by atoms with E-state index < -0.39 is 4.92 Å². The van der Waals surface area contributed by atoms with E-state index in [1.807, 2.05) is 30.3 Å². The second-order valence-corrected chi connectivity index (χ2v) is 9.43. The lowest BCUT2D eigenvalue weighted by molar-refractivity contribution is -0.384. The molecule has 0 saturated carbocycles. The zero-order valence-corrected chi connectivity index (χ0v) is 23.1. The van der Waals surface area contributed by atoms with Gasteiger partial charge in [0.15, 0.2) is 11.5 Å². The van der Waals surface area contributed by atoms with Crippen LogP contribution in [0.5, 0.6) is 11.5 Å². The Morgan fingerprint density at radius 3 is 2.36 bits per heavy atom. The molecule has 0 atom stereocenters. The van der Waals surface area contributed by atoms with Gasteiger partial charge in [-0.2, -0.15) is 5.10 Å². The van der Waals surface area contributed by atoms with Crippen molar-refractivity contribution in [3.8, 4) is 28.4 Å². The number of nitro benzene ring substituents is 1. The number of hydrogen-bond acceptors (Lipinski definition) is 6. The number of carbonyl (C=O) groups excluding carboxylic acids is 1. The molecule has 0 fully saturated rings. The summed E-state index contributed by atoms with van der Waals surface area (Å²) < 4.78 is 13.4. The van der Waals surface area contributed by atoms with Gasteiger partial charge in [0.2, 0.25) is 0 Å². The van der Waals surface area contributed by atoms with Gasteiger partial charge in [-0.25, -0.2) is 5.43 Å². The van der Waals surface area contributed by atoms with E-state index >= 15 is 0 Å². The molecule has 1 heterocycles. The van der Waals surface area contributed by atoms with Crippen LogP contribution >= 0.6 is 0 Å². The zero-order valence-electron chi connectivity index (χ0n) is 23.1. The van der Waals surface area contributed by atoms with E-state index in [4.69, 9.17) is 9.47 Å². The summed E-state index contributed by atoms with van der Waals surface area (Å²) in [6, 6.07) is 33.1. The second kappa shape index (κ2) is 12.6. The normalized spacial score (nSPS) is 10.9. The first kappa shape index (κ1) is 27.9. The molecule has 1 aromatic heterocycles. The van der Waals surface area contributed by atoms with Crippen molar-refractivity contribution < 1.29 is 19.2 Å². The smallest absolute Gasteiger partial charge is 0.271 e. The molecule has 1 amide bonds. The van der Waals surface area contributed by atoms with Crippen molar-refractivity contribution in [3.05, 3.63) is 142 Å². The molecule has 4 aromatic carbocycles. The average molecular weight is 561 g/mol. The van der Waals surface area contributed by atoms with E-state index in [-0.39, 0.29) is 18.2 Å². The average Bonchev–Trinajstić information content (AvgIpc) is 3.42. The van der Waals surface area contributed by atoms with Crippen molar-refractivity contribution in [1.29, 1.82) is 0 Å². The van der Waals surface area contributed by atoms with E-state index in [1.165, 1.54) is 25.5 Å². The lowest BCUT2D eigenvalue weighted by Gasteiger charge is -2.13. The Hall–Kier alpha value is -5.70. The fourth-order valence-electron chi connectivity index (χ4n) is 4.47. The first-order chi connectivity index (χ1) is 20.4. The fourth-order valence-corrected chi connectivity index (χ4v) is 4.47. The van der Waals surface area contributed by atoms with Gasteiger partial charge in [0.25, 0.3) is 11.6 Å². The van der Waals surface area contributed by atoms with Crippen LogP contribution in [-0.2, 0) is 6.61 Å². The number of ether oxygens (including phenoxy) is 2. The molecule has 42 heavy (non-hydrogen) atoms. The molecule has 9 nitrogen and oxygen atoms in total. The van der Waals surface area contributed by atoms with Crippen molar-refractivity contribution in [1.82, 2.24) is 9.99 Å². The molecular weight excluding hydrogens is 532 g/mol. The van der Waals surface area contributed by atoms with Crippen LogP contribution in [0, 0.1) is 17.0 Å². The molecular formula is C33H28N4O5. The van der Waals surface area contributed by atoms with E-state index in [0.717, 1.165) is 28.2 Å². The summed E-state index contributed by atoms with van der Waals surface area (Å²) in [5, 5.41) is 14.9. The summed E-state index contributed by atoms with van der Waals surface area (Å²) in [7, 11) is 1.53. The molecule has 0 spiro atoms. The largest absolute Gasteiger partial charge is 0.493 e. The third kappa shape index (κ3) is 6.37. The number of rotatable bonds is 10. The first-order valence-corrected chi connectivity index (χ1v) is 13.1. The standard InChI is InChI=1S/C33H28N4O5/c1-23-8-18-30(26-6-4-3-5-7-26)36(23)28-16-12-27(13-17-28)33(38)35-34-21-25-11-19-31(32(20-25)41-2)42-22-24-9-14-29(15-10-24)37(39)40/h3-21H,22H2,1-2H3,(H,35,38)/b34-21+. The number of hydrazone groups is 1. The fraction of sp³-hybridized carbons (Fsp3) is 0.0909. The third-order valence-electron chi connectivity index (χ3n) is 6.64. The van der Waals surface area contributed by atoms with Crippen LogP contribution in [0.3, 0.4) is 0 Å². The van der Waals surface area contributed by atoms with Crippen LogP contribution in [0.2, 0.25) is 0 Å². The van der Waals surface area contributed by atoms with Crippen LogP contribution in [0.15, 0.2) is 114 Å². The van der Waals surface area contributed by atoms with E-state index in [9.17, 15) is 14.9 Å². The van der Waals surface area contributed by atoms with Crippen molar-refractivity contribution in [2.75, 3.05) is 7.11 Å². The molecule has 0 aliphatic carbocycles. The van der Waals surface area contributed by atoms with Crippen LogP contribution in [0.1, 0.15) is 27.2 Å². The zero-order chi connectivity index (χ0) is 29.5. The Balaban J connectivity index is 1.21. The molecule has 5 rings (SSSR count). The Labute approximate surface area is 242 Å². The number of nitro groups is 1. The number of hydrogen-bond donors (Lipinski definition) is 1. The van der Waals surface area contributed by atoms with Gasteiger partial charge in [0, 0.05) is 29.1 Å². The molecule has 210 valence electrons. The number of benzene rings is 4. The highest BCUT2D eigenvalue weighted by molar-refractivity contribution is 5.95. The van der Waals surface area contributed by atoms with E-state index in [1.54, 1.807) is 42.5 Å². The Morgan fingerprint density at radius 1 is 0.929 bits per heavy atom. The predicted octanol–water partition coefficient (Wildman–Crippen LogP) is 6.71. The number of non-ortho nitro benzene ring substituents is 1. The highest BCUT2D eigenvalue weighted by Gasteiger charge is 2.11. The maximum atomic E-state index is 12.7. The molecule has 0 bridgehead atoms. The first-order valence-electron chi connectivity index (χ1n) is 13.1. The molecule has 1 N–H and O–H groups in total. The predicted molar refractivity (Wildman–Crippen MR) is 161 cm³/mol. The van der Waals surface area contributed by atoms with Gasteiger partial charge in [-0.3, -0.25) is 14.9 Å². The third-order valence-corrected chi connectivity index (χ3v) is 6.64. The SMILES string of the molecule is COc1cc(/C=N/NC(=O)c2ccc(-n3c(C)ccc3-c3ccccc3)cc2)ccc1OCc1ccc([N+](=O)[O-])cc1. The number of nitrogens with zero attached hydrogens (tertiary/aromatic N) is 3. The number of amides is 1. The van der Waals surface area contributed by atoms with Crippen molar-refractivity contribution in [2.45, 2.75) is 13.5 Å². The summed E-state index contributed by atoms with van der Waals surface area (Å²) in [6.45, 7) is 2.27. The van der Waals surface area contributed by atoms with Gasteiger partial charge in [-0.1, -0.05) is 30.3 Å². The minimum Gasteiger partial charge on any atom is -0.493 e. The summed E-state index contributed by atoms with van der Waals surface area (Å²) >= 11 is 0. The number of nitrogens with one attached hydrogen (secondary N) is 1. The van der Waals surface area contributed by atoms with Crippen LogP contribution in [0.4, 0.5) is 5.69 Å². The topological polar surface area (TPSA) is 108 Å². The minimum absolute atomic E-state index is 0.0218. The Bertz CT molecular complexity index is 1730. The van der Waals surface area contributed by atoms with Gasteiger partial charge >= 0.3 is 0 Å². The quantitative estimate of drug-likeness (QED) is 0.116. The van der Waals surface area contributed by atoms with Crippen LogP contribution < -0.4 is 14.9 Å². The van der Waals surface area contributed by atoms with Crippen molar-refractivity contribution in [2.24, 2.45) is 5.10 Å². The van der Waals surface area contributed by atoms with Gasteiger partial charge in [-0.05, 0) is 90.3 Å². The molecule has 0 aliphatic rings. The highest BCUT2D eigenvalue weighted by Crippen LogP contribution is 2.29. The minimum atomic E-state index is -0.445. The Morgan fingerprint density at radius 2 is 1.67 bits per heavy atom. The van der Waals surface area contributed by atoms with Crippen LogP contribution in [0.25, 0.3) is 16.9 Å². The van der Waals surface area contributed by atoms with E-state index in [2.05, 4.69) is 46.3 Å². The maximum absolute atomic E-state index is 12.7. The summed E-state index contributed by atoms with van der Waals surface area (Å²) in [4.78, 5) is 23.1. The number of aryl methyl sites for hydroxylation is 1. The number of aromatic nitrogens is 1. The summed E-state index contributed by atoms with van der Waals surface area (Å²) in [5.74, 6) is 0.656. The molecule has 5 aromatic rings. The van der Waals surface area contributed by atoms with Crippen LogP contribution in [-0.4, -0.2) is 28.7 Å². The van der Waals surface area contributed by atoms with Gasteiger partial charge < -0.3 is 14.0 Å². The van der Waals surface area contributed by atoms with Crippen molar-refractivity contribution >= 4 is 17.8 Å². The van der Waals surface area contributed by atoms with Gasteiger partial charge in [0.05, 0.1) is 23.9 Å². The summed E-state index contributed by atoms with van der Waals surface area (Å²) in [6.07, 6.45) is 1.52. The Kier molecular flexibility index (Phi) is 8.39. The number of methoxy groups -OCH3 is 1. The summed E-state index contributed by atoms with van der Waals surface area (Å²) in [5.41, 5.74) is 8.79. The highest BCUT2D eigenvalue weighted by atomic mass is 16.6. The molecule has 0 unspecified atom stereocenters. The maximum Gasteiger partial charge on any atom is 0.271 e. The molecule has 0 saturated heterocycles. The van der Waals surface area contributed by atoms with Gasteiger partial charge in [-0.15, -0.1) is 0 Å². The van der Waals surface area contributed by atoms with Gasteiger partial charge in [0.1, 0.15) is 6.61 Å². The lowest BCUT2D eigenvalue weighted by atomic mass is 10.1.